The summed E-state index contributed by atoms with van der Waals surface area (Å²) >= 11 is 1.40. The van der Waals surface area contributed by atoms with Gasteiger partial charge in [0.1, 0.15) is 5.78 Å². The first kappa shape index (κ1) is 10.5. The number of nitrogens with one attached hydrogen (secondary N) is 1. The average Bonchev–Trinajstić information content (AvgIpc) is 2.76. The summed E-state index contributed by atoms with van der Waals surface area (Å²) in [5, 5.41) is 6.94. The molecule has 82 valence electrons. The number of thioether (sulfide) groups is 1. The predicted molar refractivity (Wildman–Crippen MR) is 57.0 cm³/mol. The Labute approximate surface area is 91.3 Å². The van der Waals surface area contributed by atoms with Crippen molar-refractivity contribution >= 4 is 17.5 Å². The van der Waals surface area contributed by atoms with Gasteiger partial charge in [0.2, 0.25) is 0 Å². The van der Waals surface area contributed by atoms with Crippen molar-refractivity contribution < 1.29 is 4.79 Å². The molecule has 0 saturated heterocycles. The molecule has 1 aromatic heterocycles. The van der Waals surface area contributed by atoms with Crippen molar-refractivity contribution in [3.8, 4) is 0 Å². The number of carbonyl (C=O) groups excluding carboxylic acids is 1. The summed E-state index contributed by atoms with van der Waals surface area (Å²) < 4.78 is 1.55. The molecule has 1 atom stereocenters. The lowest BCUT2D eigenvalue weighted by Gasteiger charge is -2.06. The van der Waals surface area contributed by atoms with Gasteiger partial charge in [-0.3, -0.25) is 9.36 Å². The van der Waals surface area contributed by atoms with E-state index >= 15 is 0 Å². The summed E-state index contributed by atoms with van der Waals surface area (Å²) in [7, 11) is 0. The zero-order valence-corrected chi connectivity index (χ0v) is 9.34. The number of aromatic nitrogens is 3. The summed E-state index contributed by atoms with van der Waals surface area (Å²) in [6.45, 7) is 2.47. The van der Waals surface area contributed by atoms with Crippen LogP contribution in [-0.4, -0.2) is 25.8 Å². The van der Waals surface area contributed by atoms with E-state index in [9.17, 15) is 9.59 Å². The molecule has 1 fully saturated rings. The first-order valence-electron chi connectivity index (χ1n) is 5.07. The van der Waals surface area contributed by atoms with E-state index in [4.69, 9.17) is 0 Å². The van der Waals surface area contributed by atoms with Crippen LogP contribution in [0.25, 0.3) is 0 Å². The van der Waals surface area contributed by atoms with Gasteiger partial charge in [0.05, 0.1) is 5.25 Å². The predicted octanol–water partition coefficient (Wildman–Crippen LogP) is 0.805. The Bertz CT molecular complexity index is 423. The quantitative estimate of drug-likeness (QED) is 0.829. The van der Waals surface area contributed by atoms with E-state index in [-0.39, 0.29) is 16.7 Å². The topological polar surface area (TPSA) is 67.8 Å². The maximum Gasteiger partial charge on any atom is 0.343 e. The minimum absolute atomic E-state index is 0.00880. The van der Waals surface area contributed by atoms with Crippen LogP contribution in [0.1, 0.15) is 26.2 Å². The molecular weight excluding hydrogens is 214 g/mol. The Morgan fingerprint density at radius 2 is 2.40 bits per heavy atom. The number of Topliss-reactive ketones (excluding diaryl/α,β-unsaturated/α-hetero) is 1. The number of carbonyl (C=O) groups is 1. The highest BCUT2D eigenvalue weighted by molar-refractivity contribution is 8.00. The van der Waals surface area contributed by atoms with Crippen LogP contribution in [-0.2, 0) is 11.3 Å². The van der Waals surface area contributed by atoms with E-state index in [2.05, 4.69) is 10.2 Å². The fourth-order valence-electron chi connectivity index (χ4n) is 1.71. The summed E-state index contributed by atoms with van der Waals surface area (Å²) in [5.74, 6) is 0.276. The number of aromatic amines is 1. The van der Waals surface area contributed by atoms with Crippen LogP contribution < -0.4 is 5.69 Å². The lowest BCUT2D eigenvalue weighted by molar-refractivity contribution is -0.116. The second-order valence-corrected chi connectivity index (χ2v) is 4.69. The molecule has 0 bridgehead atoms. The number of hydrogen-bond acceptors (Lipinski definition) is 4. The van der Waals surface area contributed by atoms with Gasteiger partial charge in [0, 0.05) is 13.0 Å². The molecule has 1 saturated carbocycles. The van der Waals surface area contributed by atoms with Crippen molar-refractivity contribution in [3.05, 3.63) is 10.5 Å². The van der Waals surface area contributed by atoms with Gasteiger partial charge in [0.15, 0.2) is 5.16 Å². The van der Waals surface area contributed by atoms with Crippen molar-refractivity contribution in [1.29, 1.82) is 0 Å². The SMILES string of the molecule is CCn1c(SC2CCCC2=O)n[nH]c1=O. The van der Waals surface area contributed by atoms with Gasteiger partial charge in [-0.25, -0.2) is 9.89 Å². The van der Waals surface area contributed by atoms with E-state index in [0.717, 1.165) is 12.8 Å². The van der Waals surface area contributed by atoms with Crippen LogP contribution in [0.15, 0.2) is 9.95 Å². The van der Waals surface area contributed by atoms with Gasteiger partial charge >= 0.3 is 5.69 Å². The minimum Gasteiger partial charge on any atom is -0.298 e. The highest BCUT2D eigenvalue weighted by Crippen LogP contribution is 2.30. The molecule has 5 nitrogen and oxygen atoms in total. The number of H-pyrrole nitrogens is 1. The Kier molecular flexibility index (Phi) is 2.95. The van der Waals surface area contributed by atoms with Gasteiger partial charge in [-0.15, -0.1) is 5.10 Å². The second kappa shape index (κ2) is 4.22. The van der Waals surface area contributed by atoms with Gasteiger partial charge < -0.3 is 0 Å². The van der Waals surface area contributed by atoms with E-state index in [1.54, 1.807) is 4.57 Å². The van der Waals surface area contributed by atoms with Crippen LogP contribution in [0.2, 0.25) is 0 Å². The molecule has 1 aromatic rings. The maximum absolute atomic E-state index is 11.4. The summed E-state index contributed by atoms with van der Waals surface area (Å²) in [6.07, 6.45) is 2.52. The molecule has 1 unspecified atom stereocenters. The molecule has 0 radical (unpaired) electrons. The first-order chi connectivity index (χ1) is 7.22. The first-order valence-corrected chi connectivity index (χ1v) is 5.95. The largest absolute Gasteiger partial charge is 0.343 e. The third-order valence-electron chi connectivity index (χ3n) is 2.54. The number of hydrogen-bond donors (Lipinski definition) is 1. The molecule has 0 spiro atoms. The smallest absolute Gasteiger partial charge is 0.298 e. The maximum atomic E-state index is 11.4. The zero-order valence-electron chi connectivity index (χ0n) is 8.52. The standard InChI is InChI=1S/C9H13N3O2S/c1-2-12-8(14)10-11-9(12)15-7-5-3-4-6(7)13/h7H,2-5H2,1H3,(H,10,14). The normalized spacial score (nSPS) is 21.1. The third kappa shape index (κ3) is 1.99. The lowest BCUT2D eigenvalue weighted by atomic mass is 10.3. The molecule has 15 heavy (non-hydrogen) atoms. The average molecular weight is 227 g/mol. The fraction of sp³-hybridized carbons (Fsp3) is 0.667. The molecule has 0 aromatic carbocycles. The Hall–Kier alpha value is -1.04. The molecule has 1 aliphatic carbocycles. The molecule has 2 rings (SSSR count). The van der Waals surface area contributed by atoms with Crippen LogP contribution in [0.5, 0.6) is 0 Å². The monoisotopic (exact) mass is 227 g/mol. The van der Waals surface area contributed by atoms with Crippen LogP contribution in [0, 0.1) is 0 Å². The molecule has 0 aliphatic heterocycles. The summed E-state index contributed by atoms with van der Waals surface area (Å²) in [4.78, 5) is 22.7. The van der Waals surface area contributed by atoms with Crippen LogP contribution in [0.4, 0.5) is 0 Å². The van der Waals surface area contributed by atoms with Crippen LogP contribution >= 0.6 is 11.8 Å². The minimum atomic E-state index is -0.203. The Morgan fingerprint density at radius 1 is 1.60 bits per heavy atom. The van der Waals surface area contributed by atoms with Crippen molar-refractivity contribution in [2.75, 3.05) is 0 Å². The molecule has 1 aliphatic rings. The number of ketones is 1. The van der Waals surface area contributed by atoms with Crippen LogP contribution in [0.3, 0.4) is 0 Å². The highest BCUT2D eigenvalue weighted by Gasteiger charge is 2.27. The molecule has 6 heteroatoms. The molecule has 1 N–H and O–H groups in total. The second-order valence-electron chi connectivity index (χ2n) is 3.52. The van der Waals surface area contributed by atoms with Crippen molar-refractivity contribution in [3.63, 3.8) is 0 Å². The van der Waals surface area contributed by atoms with Gasteiger partial charge in [0.25, 0.3) is 0 Å². The molecular formula is C9H13N3O2S. The van der Waals surface area contributed by atoms with E-state index in [1.165, 1.54) is 11.8 Å². The summed E-state index contributed by atoms with van der Waals surface area (Å²) in [5.41, 5.74) is -0.203. The lowest BCUT2D eigenvalue weighted by Crippen LogP contribution is -2.17. The third-order valence-corrected chi connectivity index (χ3v) is 3.84. The van der Waals surface area contributed by atoms with E-state index in [0.29, 0.717) is 18.1 Å². The molecule has 1 heterocycles. The number of rotatable bonds is 3. The van der Waals surface area contributed by atoms with Crippen molar-refractivity contribution in [2.24, 2.45) is 0 Å². The van der Waals surface area contributed by atoms with Gasteiger partial charge in [-0.05, 0) is 19.8 Å². The molecule has 0 amide bonds. The number of nitrogens with zero attached hydrogens (tertiary/aromatic N) is 2. The van der Waals surface area contributed by atoms with Gasteiger partial charge in [-0.2, -0.15) is 0 Å². The Balaban J connectivity index is 2.16. The Morgan fingerprint density at radius 3 is 3.00 bits per heavy atom. The zero-order chi connectivity index (χ0) is 10.8. The van der Waals surface area contributed by atoms with Gasteiger partial charge in [-0.1, -0.05) is 11.8 Å². The van der Waals surface area contributed by atoms with E-state index < -0.39 is 0 Å². The summed E-state index contributed by atoms with van der Waals surface area (Å²) in [6, 6.07) is 0. The van der Waals surface area contributed by atoms with Crippen molar-refractivity contribution in [2.45, 2.75) is 43.1 Å². The highest BCUT2D eigenvalue weighted by atomic mass is 32.2. The van der Waals surface area contributed by atoms with E-state index in [1.807, 2.05) is 6.92 Å². The fourth-order valence-corrected chi connectivity index (χ4v) is 2.93. The van der Waals surface area contributed by atoms with Crippen molar-refractivity contribution in [1.82, 2.24) is 14.8 Å².